The van der Waals surface area contributed by atoms with E-state index in [1.165, 1.54) is 16.1 Å². The Morgan fingerprint density at radius 2 is 2.23 bits per heavy atom. The predicted molar refractivity (Wildman–Crippen MR) is 84.0 cm³/mol. The third-order valence-corrected chi connectivity index (χ3v) is 5.09. The summed E-state index contributed by atoms with van der Waals surface area (Å²) in [5.41, 5.74) is 4.12. The fourth-order valence-electron chi connectivity index (χ4n) is 2.72. The molecule has 0 radical (unpaired) electrons. The van der Waals surface area contributed by atoms with Crippen molar-refractivity contribution in [2.75, 3.05) is 18.1 Å². The lowest BCUT2D eigenvalue weighted by atomic mass is 9.99. The molecule has 1 aliphatic heterocycles. The molecule has 7 heteroatoms. The van der Waals surface area contributed by atoms with Gasteiger partial charge in [-0.3, -0.25) is 0 Å². The summed E-state index contributed by atoms with van der Waals surface area (Å²) in [6, 6.07) is 7.84. The normalized spacial score (nSPS) is 15.5. The molecule has 0 fully saturated rings. The number of aromatic nitrogens is 1. The summed E-state index contributed by atoms with van der Waals surface area (Å²) in [5.74, 6) is 0.788. The molecule has 0 saturated carbocycles. The number of nitrogens with zero attached hydrogens (tertiary/aromatic N) is 2. The van der Waals surface area contributed by atoms with Crippen molar-refractivity contribution in [1.82, 2.24) is 9.46 Å². The second-order valence-electron chi connectivity index (χ2n) is 5.57. The van der Waals surface area contributed by atoms with Gasteiger partial charge in [-0.1, -0.05) is 17.3 Å². The largest absolute Gasteiger partial charge is 0.379 e. The van der Waals surface area contributed by atoms with Crippen molar-refractivity contribution in [3.05, 3.63) is 46.8 Å². The highest BCUT2D eigenvalue weighted by molar-refractivity contribution is 7.88. The second kappa shape index (κ2) is 5.73. The molecule has 2 heterocycles. The van der Waals surface area contributed by atoms with Gasteiger partial charge in [0.2, 0.25) is 10.0 Å². The summed E-state index contributed by atoms with van der Waals surface area (Å²) in [6.45, 7) is 3.41. The van der Waals surface area contributed by atoms with Crippen LogP contribution in [0.2, 0.25) is 0 Å². The van der Waals surface area contributed by atoms with Crippen LogP contribution in [0.15, 0.2) is 28.8 Å². The van der Waals surface area contributed by atoms with Gasteiger partial charge in [0.25, 0.3) is 0 Å². The number of hydrogen-bond acceptors (Lipinski definition) is 5. The van der Waals surface area contributed by atoms with Crippen molar-refractivity contribution in [2.24, 2.45) is 0 Å². The zero-order valence-corrected chi connectivity index (χ0v) is 13.5. The van der Waals surface area contributed by atoms with E-state index >= 15 is 0 Å². The molecule has 3 rings (SSSR count). The summed E-state index contributed by atoms with van der Waals surface area (Å²) < 4.78 is 29.9. The highest BCUT2D eigenvalue weighted by Gasteiger charge is 2.24. The Kier molecular flexibility index (Phi) is 3.92. The molecule has 0 saturated heterocycles. The van der Waals surface area contributed by atoms with E-state index < -0.39 is 10.0 Å². The van der Waals surface area contributed by atoms with Gasteiger partial charge in [0.05, 0.1) is 12.8 Å². The summed E-state index contributed by atoms with van der Waals surface area (Å²) in [4.78, 5) is 0. The van der Waals surface area contributed by atoms with Gasteiger partial charge in [-0.15, -0.1) is 0 Å². The van der Waals surface area contributed by atoms with E-state index in [2.05, 4.69) is 10.5 Å². The predicted octanol–water partition coefficient (Wildman–Crippen LogP) is 1.91. The fourth-order valence-corrected chi connectivity index (χ4v) is 3.52. The van der Waals surface area contributed by atoms with E-state index in [4.69, 9.17) is 4.52 Å². The molecule has 0 bridgehead atoms. The number of nitrogens with one attached hydrogen (secondary N) is 1. The Bertz CT molecular complexity index is 783. The second-order valence-corrected chi connectivity index (χ2v) is 7.55. The quantitative estimate of drug-likeness (QED) is 0.931. The number of anilines is 1. The van der Waals surface area contributed by atoms with E-state index in [0.717, 1.165) is 22.7 Å². The molecule has 1 aromatic carbocycles. The highest BCUT2D eigenvalue weighted by Crippen LogP contribution is 2.27. The van der Waals surface area contributed by atoms with Gasteiger partial charge < -0.3 is 9.84 Å². The maximum absolute atomic E-state index is 11.7. The minimum atomic E-state index is -3.14. The lowest BCUT2D eigenvalue weighted by Crippen LogP contribution is -2.35. The van der Waals surface area contributed by atoms with Crippen LogP contribution in [-0.2, 0) is 29.5 Å². The Hall–Kier alpha value is -1.86. The maximum Gasteiger partial charge on any atom is 0.211 e. The van der Waals surface area contributed by atoms with E-state index in [1.807, 2.05) is 31.2 Å². The number of benzene rings is 1. The molecular formula is C15H19N3O3S. The summed E-state index contributed by atoms with van der Waals surface area (Å²) in [5, 5.41) is 7.33. The fraction of sp³-hybridized carbons (Fsp3) is 0.400. The first-order valence-electron chi connectivity index (χ1n) is 7.15. The van der Waals surface area contributed by atoms with Crippen molar-refractivity contribution in [2.45, 2.75) is 26.4 Å². The van der Waals surface area contributed by atoms with Crippen LogP contribution >= 0.6 is 0 Å². The minimum absolute atomic E-state index is 0.437. The van der Waals surface area contributed by atoms with E-state index in [-0.39, 0.29) is 0 Å². The lowest BCUT2D eigenvalue weighted by molar-refractivity contribution is 0.391. The van der Waals surface area contributed by atoms with Gasteiger partial charge in [0, 0.05) is 24.8 Å². The van der Waals surface area contributed by atoms with Gasteiger partial charge in [0.15, 0.2) is 0 Å². The topological polar surface area (TPSA) is 75.4 Å². The van der Waals surface area contributed by atoms with Gasteiger partial charge in [-0.05, 0) is 30.5 Å². The Morgan fingerprint density at radius 1 is 1.41 bits per heavy atom. The number of fused-ring (bicyclic) bond motifs is 1. The highest BCUT2D eigenvalue weighted by atomic mass is 32.2. The molecule has 0 spiro atoms. The van der Waals surface area contributed by atoms with Crippen molar-refractivity contribution < 1.29 is 12.9 Å². The van der Waals surface area contributed by atoms with Gasteiger partial charge in [-0.2, -0.15) is 4.31 Å². The van der Waals surface area contributed by atoms with Crippen LogP contribution in [-0.4, -0.2) is 30.7 Å². The monoisotopic (exact) mass is 321 g/mol. The molecule has 118 valence electrons. The van der Waals surface area contributed by atoms with Crippen molar-refractivity contribution >= 4 is 15.7 Å². The van der Waals surface area contributed by atoms with Crippen LogP contribution < -0.4 is 5.32 Å². The van der Waals surface area contributed by atoms with Crippen LogP contribution in [0.1, 0.15) is 22.6 Å². The molecule has 0 aliphatic carbocycles. The molecule has 1 aromatic heterocycles. The summed E-state index contributed by atoms with van der Waals surface area (Å²) in [6.07, 6.45) is 1.97. The molecule has 0 atom stereocenters. The molecule has 0 unspecified atom stereocenters. The molecular weight excluding hydrogens is 302 g/mol. The van der Waals surface area contributed by atoms with Gasteiger partial charge >= 0.3 is 0 Å². The molecule has 0 amide bonds. The molecule has 1 N–H and O–H groups in total. The summed E-state index contributed by atoms with van der Waals surface area (Å²) in [7, 11) is -3.14. The van der Waals surface area contributed by atoms with Gasteiger partial charge in [-0.25, -0.2) is 8.42 Å². The maximum atomic E-state index is 11.7. The third kappa shape index (κ3) is 3.15. The van der Waals surface area contributed by atoms with Gasteiger partial charge in [0.1, 0.15) is 11.5 Å². The standard InChI is InChI=1S/C15H19N3O3S/c1-11-8-13(17-21-11)9-16-15-5-3-4-12-10-18(22(2,19)20)7-6-14(12)15/h3-5,8,16H,6-7,9-10H2,1-2H3. The smallest absolute Gasteiger partial charge is 0.211 e. The number of rotatable bonds is 4. The zero-order chi connectivity index (χ0) is 15.7. The van der Waals surface area contributed by atoms with Crippen LogP contribution in [0.4, 0.5) is 5.69 Å². The van der Waals surface area contributed by atoms with Crippen LogP contribution in [0, 0.1) is 6.92 Å². The van der Waals surface area contributed by atoms with Crippen molar-refractivity contribution in [3.8, 4) is 0 Å². The van der Waals surface area contributed by atoms with E-state index in [0.29, 0.717) is 26.1 Å². The van der Waals surface area contributed by atoms with Crippen LogP contribution in [0.25, 0.3) is 0 Å². The Morgan fingerprint density at radius 3 is 2.91 bits per heavy atom. The SMILES string of the molecule is Cc1cc(CNc2cccc3c2CCN(S(C)(=O)=O)C3)no1. The first kappa shape index (κ1) is 15.1. The molecule has 1 aliphatic rings. The number of aryl methyl sites for hydroxylation is 1. The summed E-state index contributed by atoms with van der Waals surface area (Å²) >= 11 is 0. The first-order chi connectivity index (χ1) is 10.4. The lowest BCUT2D eigenvalue weighted by Gasteiger charge is -2.28. The Labute approximate surface area is 130 Å². The molecule has 6 nitrogen and oxygen atoms in total. The minimum Gasteiger partial charge on any atom is -0.379 e. The van der Waals surface area contributed by atoms with Crippen LogP contribution in [0.3, 0.4) is 0 Å². The van der Waals surface area contributed by atoms with Crippen molar-refractivity contribution in [1.29, 1.82) is 0 Å². The number of hydrogen-bond donors (Lipinski definition) is 1. The van der Waals surface area contributed by atoms with E-state index in [1.54, 1.807) is 0 Å². The van der Waals surface area contributed by atoms with Crippen molar-refractivity contribution in [3.63, 3.8) is 0 Å². The first-order valence-corrected chi connectivity index (χ1v) is 9.00. The zero-order valence-electron chi connectivity index (χ0n) is 12.7. The Balaban J connectivity index is 1.78. The van der Waals surface area contributed by atoms with E-state index in [9.17, 15) is 8.42 Å². The third-order valence-electron chi connectivity index (χ3n) is 3.84. The average Bonchev–Trinajstić information content (AvgIpc) is 2.89. The molecule has 2 aromatic rings. The number of sulfonamides is 1. The van der Waals surface area contributed by atoms with Crippen LogP contribution in [0.5, 0.6) is 0 Å². The molecule has 22 heavy (non-hydrogen) atoms. The average molecular weight is 321 g/mol.